The van der Waals surface area contributed by atoms with Crippen LogP contribution in [0.3, 0.4) is 0 Å². The molecule has 0 fully saturated rings. The van der Waals surface area contributed by atoms with E-state index in [2.05, 4.69) is 32.9 Å². The van der Waals surface area contributed by atoms with E-state index in [-0.39, 0.29) is 18.2 Å². The predicted molar refractivity (Wildman–Crippen MR) is 118 cm³/mol. The molecule has 4 aromatic rings. The number of carbonyl (C=O) groups is 1. The van der Waals surface area contributed by atoms with Crippen molar-refractivity contribution in [3.05, 3.63) is 71.1 Å². The molecule has 32 heavy (non-hydrogen) atoms. The number of benzene rings is 2. The third-order valence-electron chi connectivity index (χ3n) is 5.75. The van der Waals surface area contributed by atoms with Crippen molar-refractivity contribution in [1.29, 1.82) is 0 Å². The maximum absolute atomic E-state index is 12.4. The van der Waals surface area contributed by atoms with Gasteiger partial charge in [-0.05, 0) is 67.5 Å². The van der Waals surface area contributed by atoms with Crippen LogP contribution >= 0.6 is 0 Å². The average molecular weight is 431 g/mol. The van der Waals surface area contributed by atoms with Gasteiger partial charge in [0.2, 0.25) is 0 Å². The van der Waals surface area contributed by atoms with Gasteiger partial charge in [0.1, 0.15) is 17.9 Å². The number of nitrogens with zero attached hydrogens (tertiary/aromatic N) is 4. The topological polar surface area (TPSA) is 95.1 Å². The molecular formula is C24H25N5O3. The highest BCUT2D eigenvalue weighted by molar-refractivity contribution is 5.92. The van der Waals surface area contributed by atoms with Gasteiger partial charge in [0.15, 0.2) is 11.5 Å². The Hall–Kier alpha value is -3.68. The van der Waals surface area contributed by atoms with Gasteiger partial charge in [-0.25, -0.2) is 4.68 Å². The minimum Gasteiger partial charge on any atom is -0.486 e. The van der Waals surface area contributed by atoms with Crippen LogP contribution in [0, 0.1) is 0 Å². The molecule has 0 atom stereocenters. The first-order valence-corrected chi connectivity index (χ1v) is 11.0. The largest absolute Gasteiger partial charge is 0.486 e. The number of para-hydroxylation sites is 1. The van der Waals surface area contributed by atoms with E-state index in [1.54, 1.807) is 6.07 Å². The molecule has 1 N–H and O–H groups in total. The van der Waals surface area contributed by atoms with Crippen LogP contribution in [0.1, 0.15) is 46.6 Å². The van der Waals surface area contributed by atoms with Crippen molar-refractivity contribution in [1.82, 2.24) is 25.5 Å². The molecule has 0 radical (unpaired) electrons. The summed E-state index contributed by atoms with van der Waals surface area (Å²) >= 11 is 0. The van der Waals surface area contributed by atoms with Crippen molar-refractivity contribution < 1.29 is 14.1 Å². The Balaban J connectivity index is 1.09. The van der Waals surface area contributed by atoms with Gasteiger partial charge in [-0.2, -0.15) is 0 Å². The van der Waals surface area contributed by atoms with Gasteiger partial charge < -0.3 is 14.6 Å². The summed E-state index contributed by atoms with van der Waals surface area (Å²) in [5.74, 6) is 1.06. The molecule has 1 aliphatic carbocycles. The number of hydrogen-bond acceptors (Lipinski definition) is 6. The molecular weight excluding hydrogens is 406 g/mol. The first kappa shape index (κ1) is 20.2. The summed E-state index contributed by atoms with van der Waals surface area (Å²) in [6.45, 7) is 1.40. The molecule has 0 bridgehead atoms. The summed E-state index contributed by atoms with van der Waals surface area (Å²) in [6, 6.07) is 15.7. The Morgan fingerprint density at radius 2 is 1.97 bits per heavy atom. The fourth-order valence-corrected chi connectivity index (χ4v) is 4.05. The number of carbonyl (C=O) groups excluding carboxylic acids is 1. The molecule has 2 heterocycles. The Labute approximate surface area is 185 Å². The average Bonchev–Trinajstić information content (AvgIpc) is 3.48. The lowest BCUT2D eigenvalue weighted by molar-refractivity contribution is 0.0943. The highest BCUT2D eigenvalue weighted by atomic mass is 16.5. The number of hydrogen-bond donors (Lipinski definition) is 1. The third kappa shape index (κ3) is 4.49. The van der Waals surface area contributed by atoms with E-state index in [1.165, 1.54) is 24.0 Å². The smallest absolute Gasteiger partial charge is 0.273 e. The maximum Gasteiger partial charge on any atom is 0.273 e. The van der Waals surface area contributed by atoms with Gasteiger partial charge in [0.05, 0.1) is 5.52 Å². The monoisotopic (exact) mass is 431 g/mol. The lowest BCUT2D eigenvalue weighted by atomic mass is 9.92. The molecule has 5 rings (SSSR count). The highest BCUT2D eigenvalue weighted by Crippen LogP contribution is 2.25. The van der Waals surface area contributed by atoms with E-state index in [9.17, 15) is 4.79 Å². The normalized spacial score (nSPS) is 13.1. The molecule has 1 amide bonds. The number of nitrogens with one attached hydrogen (secondary N) is 1. The fourth-order valence-electron chi connectivity index (χ4n) is 4.05. The lowest BCUT2D eigenvalue weighted by Crippen LogP contribution is -2.25. The summed E-state index contributed by atoms with van der Waals surface area (Å²) in [7, 11) is 0. The van der Waals surface area contributed by atoms with E-state index in [4.69, 9.17) is 9.26 Å². The summed E-state index contributed by atoms with van der Waals surface area (Å²) in [6.07, 6.45) is 5.46. The van der Waals surface area contributed by atoms with Crippen molar-refractivity contribution in [2.24, 2.45) is 0 Å². The molecule has 0 aliphatic heterocycles. The van der Waals surface area contributed by atoms with E-state index in [1.807, 2.05) is 35.0 Å². The van der Waals surface area contributed by atoms with Gasteiger partial charge >= 0.3 is 0 Å². The third-order valence-corrected chi connectivity index (χ3v) is 5.75. The van der Waals surface area contributed by atoms with Gasteiger partial charge in [-0.3, -0.25) is 4.79 Å². The van der Waals surface area contributed by atoms with Crippen LogP contribution < -0.4 is 10.1 Å². The molecule has 164 valence electrons. The number of amides is 1. The van der Waals surface area contributed by atoms with Gasteiger partial charge in [-0.1, -0.05) is 28.6 Å². The summed E-state index contributed by atoms with van der Waals surface area (Å²) < 4.78 is 13.0. The molecule has 8 nitrogen and oxygen atoms in total. The first-order chi connectivity index (χ1) is 15.8. The molecule has 0 saturated heterocycles. The van der Waals surface area contributed by atoms with Gasteiger partial charge in [0.25, 0.3) is 5.91 Å². The van der Waals surface area contributed by atoms with Crippen molar-refractivity contribution in [2.45, 2.75) is 45.3 Å². The standard InChI is InChI=1S/C24H25N5O3/c30-24(25-12-5-13-29-23-9-4-3-8-21(23)26-28-29)22-15-20(32-27-22)16-31-19-11-10-17-6-1-2-7-18(17)14-19/h3-4,8-11,14-15H,1-2,5-7,12-13,16H2,(H,25,30). The molecule has 2 aromatic heterocycles. The quantitative estimate of drug-likeness (QED) is 0.428. The van der Waals surface area contributed by atoms with Crippen LogP contribution in [-0.4, -0.2) is 32.6 Å². The van der Waals surface area contributed by atoms with Gasteiger partial charge in [-0.15, -0.1) is 5.10 Å². The highest BCUT2D eigenvalue weighted by Gasteiger charge is 2.14. The Kier molecular flexibility index (Phi) is 5.83. The number of ether oxygens (including phenoxy) is 1. The summed E-state index contributed by atoms with van der Waals surface area (Å²) in [4.78, 5) is 12.4. The molecule has 8 heteroatoms. The predicted octanol–water partition coefficient (Wildman–Crippen LogP) is 3.70. The van der Waals surface area contributed by atoms with Crippen LogP contribution in [0.25, 0.3) is 11.0 Å². The zero-order valence-corrected chi connectivity index (χ0v) is 17.8. The molecule has 1 aliphatic rings. The minimum atomic E-state index is -0.266. The van der Waals surface area contributed by atoms with Crippen LogP contribution in [0.2, 0.25) is 0 Å². The summed E-state index contributed by atoms with van der Waals surface area (Å²) in [5, 5.41) is 15.0. The molecule has 2 aromatic carbocycles. The van der Waals surface area contributed by atoms with Crippen LogP contribution in [0.15, 0.2) is 53.1 Å². The number of fused-ring (bicyclic) bond motifs is 2. The van der Waals surface area contributed by atoms with Crippen LogP contribution in [0.5, 0.6) is 5.75 Å². The van der Waals surface area contributed by atoms with Crippen LogP contribution in [-0.2, 0) is 26.0 Å². The SMILES string of the molecule is O=C(NCCCn1nnc2ccccc21)c1cc(COc2ccc3c(c2)CCCC3)on1. The fraction of sp³-hybridized carbons (Fsp3) is 0.333. The van der Waals surface area contributed by atoms with Gasteiger partial charge in [0, 0.05) is 19.2 Å². The second kappa shape index (κ2) is 9.21. The van der Waals surface area contributed by atoms with E-state index < -0.39 is 0 Å². The minimum absolute atomic E-state index is 0.235. The van der Waals surface area contributed by atoms with E-state index in [0.29, 0.717) is 18.8 Å². The zero-order valence-electron chi connectivity index (χ0n) is 17.8. The van der Waals surface area contributed by atoms with E-state index >= 15 is 0 Å². The Morgan fingerprint density at radius 3 is 2.91 bits per heavy atom. The van der Waals surface area contributed by atoms with Crippen molar-refractivity contribution >= 4 is 16.9 Å². The van der Waals surface area contributed by atoms with Crippen molar-refractivity contribution in [2.75, 3.05) is 6.54 Å². The molecule has 0 saturated carbocycles. The molecule has 0 spiro atoms. The first-order valence-electron chi connectivity index (χ1n) is 11.0. The zero-order chi connectivity index (χ0) is 21.8. The van der Waals surface area contributed by atoms with E-state index in [0.717, 1.165) is 36.0 Å². The van der Waals surface area contributed by atoms with Crippen molar-refractivity contribution in [3.8, 4) is 5.75 Å². The Bertz CT molecular complexity index is 1230. The number of aryl methyl sites for hydroxylation is 3. The summed E-state index contributed by atoms with van der Waals surface area (Å²) in [5.41, 5.74) is 4.88. The number of aromatic nitrogens is 4. The Morgan fingerprint density at radius 1 is 1.09 bits per heavy atom. The second-order valence-corrected chi connectivity index (χ2v) is 8.02. The van der Waals surface area contributed by atoms with Crippen molar-refractivity contribution in [3.63, 3.8) is 0 Å². The maximum atomic E-state index is 12.4. The molecule has 0 unspecified atom stereocenters. The lowest BCUT2D eigenvalue weighted by Gasteiger charge is -2.16. The number of rotatable bonds is 8. The van der Waals surface area contributed by atoms with Crippen LogP contribution in [0.4, 0.5) is 0 Å². The second-order valence-electron chi connectivity index (χ2n) is 8.02.